The van der Waals surface area contributed by atoms with Crippen LogP contribution in [0.15, 0.2) is 54.6 Å². The van der Waals surface area contributed by atoms with Crippen molar-refractivity contribution in [2.24, 2.45) is 5.92 Å². The van der Waals surface area contributed by atoms with E-state index in [9.17, 15) is 13.2 Å². The Morgan fingerprint density at radius 1 is 1.03 bits per heavy atom. The highest BCUT2D eigenvalue weighted by Crippen LogP contribution is 2.22. The standard InChI is InChI=1S/C23H32N2O3S/c1-18(2)17-22(20-9-6-5-7-10-20)24-23(26)11-8-16-25(29(4,27)28)21-14-12-19(3)13-15-21/h5-7,9-10,12-15,18,22H,8,11,16-17H2,1-4H3,(H,24,26)/t22-/m1/s1. The molecule has 0 saturated carbocycles. The number of nitrogens with one attached hydrogen (secondary N) is 1. The highest BCUT2D eigenvalue weighted by molar-refractivity contribution is 7.92. The number of hydrogen-bond acceptors (Lipinski definition) is 3. The number of anilines is 1. The monoisotopic (exact) mass is 416 g/mol. The number of nitrogens with zero attached hydrogens (tertiary/aromatic N) is 1. The van der Waals surface area contributed by atoms with Crippen molar-refractivity contribution in [3.05, 3.63) is 65.7 Å². The van der Waals surface area contributed by atoms with E-state index in [0.717, 1.165) is 17.5 Å². The van der Waals surface area contributed by atoms with Crippen molar-refractivity contribution in [1.29, 1.82) is 0 Å². The molecule has 0 saturated heterocycles. The molecule has 2 rings (SSSR count). The lowest BCUT2D eigenvalue weighted by Crippen LogP contribution is -2.33. The Kier molecular flexibility index (Phi) is 8.26. The molecule has 0 aromatic heterocycles. The second kappa shape index (κ2) is 10.4. The number of hydrogen-bond donors (Lipinski definition) is 1. The number of carbonyl (C=O) groups excluding carboxylic acids is 1. The van der Waals surface area contributed by atoms with Crippen LogP contribution in [-0.2, 0) is 14.8 Å². The van der Waals surface area contributed by atoms with Crippen LogP contribution in [0.4, 0.5) is 5.69 Å². The Balaban J connectivity index is 1.98. The average Bonchev–Trinajstić information content (AvgIpc) is 2.65. The van der Waals surface area contributed by atoms with Crippen molar-refractivity contribution < 1.29 is 13.2 Å². The van der Waals surface area contributed by atoms with Crippen molar-refractivity contribution in [1.82, 2.24) is 5.32 Å². The second-order valence-electron chi connectivity index (χ2n) is 7.93. The molecule has 0 spiro atoms. The molecule has 29 heavy (non-hydrogen) atoms. The van der Waals surface area contributed by atoms with Gasteiger partial charge in [-0.25, -0.2) is 8.42 Å². The highest BCUT2D eigenvalue weighted by Gasteiger charge is 2.19. The first kappa shape index (κ1) is 22.9. The summed E-state index contributed by atoms with van der Waals surface area (Å²) in [6, 6.07) is 17.3. The molecule has 0 aliphatic rings. The van der Waals surface area contributed by atoms with E-state index >= 15 is 0 Å². The molecular weight excluding hydrogens is 384 g/mol. The first-order chi connectivity index (χ1) is 13.7. The van der Waals surface area contributed by atoms with Gasteiger partial charge in [-0.1, -0.05) is 61.9 Å². The number of rotatable bonds is 10. The molecule has 1 atom stereocenters. The van der Waals surface area contributed by atoms with Crippen LogP contribution in [0.1, 0.15) is 50.3 Å². The maximum absolute atomic E-state index is 12.5. The molecule has 5 nitrogen and oxygen atoms in total. The van der Waals surface area contributed by atoms with Gasteiger partial charge in [0, 0.05) is 13.0 Å². The average molecular weight is 417 g/mol. The Hall–Kier alpha value is -2.34. The third-order valence-corrected chi connectivity index (χ3v) is 5.93. The van der Waals surface area contributed by atoms with Gasteiger partial charge in [-0.2, -0.15) is 0 Å². The van der Waals surface area contributed by atoms with Crippen molar-refractivity contribution in [3.63, 3.8) is 0 Å². The molecule has 0 bridgehead atoms. The largest absolute Gasteiger partial charge is 0.349 e. The molecule has 6 heteroatoms. The van der Waals surface area contributed by atoms with E-state index in [1.165, 1.54) is 10.6 Å². The molecule has 0 radical (unpaired) electrons. The predicted molar refractivity (Wildman–Crippen MR) is 119 cm³/mol. The summed E-state index contributed by atoms with van der Waals surface area (Å²) in [5.41, 5.74) is 2.78. The number of benzene rings is 2. The summed E-state index contributed by atoms with van der Waals surface area (Å²) in [4.78, 5) is 12.5. The minimum Gasteiger partial charge on any atom is -0.349 e. The van der Waals surface area contributed by atoms with Crippen LogP contribution >= 0.6 is 0 Å². The van der Waals surface area contributed by atoms with Crippen LogP contribution < -0.4 is 9.62 Å². The zero-order chi connectivity index (χ0) is 21.4. The topological polar surface area (TPSA) is 66.5 Å². The lowest BCUT2D eigenvalue weighted by atomic mass is 9.97. The number of carbonyl (C=O) groups is 1. The fourth-order valence-electron chi connectivity index (χ4n) is 3.28. The minimum absolute atomic E-state index is 0.0354. The van der Waals surface area contributed by atoms with Gasteiger partial charge in [0.25, 0.3) is 0 Å². The van der Waals surface area contributed by atoms with E-state index in [1.54, 1.807) is 12.1 Å². The van der Waals surface area contributed by atoms with Gasteiger partial charge in [0.1, 0.15) is 0 Å². The van der Waals surface area contributed by atoms with Crippen molar-refractivity contribution in [2.75, 3.05) is 17.1 Å². The molecule has 1 N–H and O–H groups in total. The fraction of sp³-hybridized carbons (Fsp3) is 0.435. The predicted octanol–water partition coefficient (Wildman–Crippen LogP) is 4.44. The third kappa shape index (κ3) is 7.54. The molecule has 0 unspecified atom stereocenters. The van der Waals surface area contributed by atoms with Crippen molar-refractivity contribution >= 4 is 21.6 Å². The van der Waals surface area contributed by atoms with Crippen LogP contribution in [0.2, 0.25) is 0 Å². The maximum Gasteiger partial charge on any atom is 0.232 e. The van der Waals surface area contributed by atoms with Crippen LogP contribution in [0.25, 0.3) is 0 Å². The molecule has 0 aliphatic carbocycles. The van der Waals surface area contributed by atoms with E-state index in [0.29, 0.717) is 18.0 Å². The van der Waals surface area contributed by atoms with Gasteiger partial charge in [-0.3, -0.25) is 9.10 Å². The van der Waals surface area contributed by atoms with E-state index < -0.39 is 10.0 Å². The van der Waals surface area contributed by atoms with Gasteiger partial charge in [0.05, 0.1) is 18.0 Å². The van der Waals surface area contributed by atoms with Gasteiger partial charge in [-0.15, -0.1) is 0 Å². The van der Waals surface area contributed by atoms with Crippen molar-refractivity contribution in [2.45, 2.75) is 46.1 Å². The Morgan fingerprint density at radius 2 is 1.66 bits per heavy atom. The minimum atomic E-state index is -3.41. The SMILES string of the molecule is Cc1ccc(N(CCCC(=O)N[C@H](CC(C)C)c2ccccc2)S(C)(=O)=O)cc1. The maximum atomic E-state index is 12.5. The summed E-state index contributed by atoms with van der Waals surface area (Å²) in [5.74, 6) is 0.389. The van der Waals surface area contributed by atoms with Gasteiger partial charge < -0.3 is 5.32 Å². The summed E-state index contributed by atoms with van der Waals surface area (Å²) < 4.78 is 25.8. The molecule has 0 heterocycles. The lowest BCUT2D eigenvalue weighted by Gasteiger charge is -2.23. The van der Waals surface area contributed by atoms with Crippen LogP contribution in [-0.4, -0.2) is 27.1 Å². The molecule has 0 fully saturated rings. The van der Waals surface area contributed by atoms with Crippen LogP contribution in [0.3, 0.4) is 0 Å². The Labute approximate surface area is 175 Å². The van der Waals surface area contributed by atoms with Gasteiger partial charge in [-0.05, 0) is 43.4 Å². The van der Waals surface area contributed by atoms with Gasteiger partial charge in [0.15, 0.2) is 0 Å². The van der Waals surface area contributed by atoms with E-state index in [2.05, 4.69) is 19.2 Å². The van der Waals surface area contributed by atoms with Gasteiger partial charge >= 0.3 is 0 Å². The lowest BCUT2D eigenvalue weighted by molar-refractivity contribution is -0.122. The fourth-order valence-corrected chi connectivity index (χ4v) is 4.25. The zero-order valence-electron chi connectivity index (χ0n) is 17.8. The molecule has 2 aromatic rings. The normalized spacial score (nSPS) is 12.6. The highest BCUT2D eigenvalue weighted by atomic mass is 32.2. The summed E-state index contributed by atoms with van der Waals surface area (Å²) in [7, 11) is -3.41. The van der Waals surface area contributed by atoms with E-state index in [-0.39, 0.29) is 24.9 Å². The van der Waals surface area contributed by atoms with Crippen molar-refractivity contribution in [3.8, 4) is 0 Å². The Bertz CT molecular complexity index is 878. The molecule has 2 aromatic carbocycles. The van der Waals surface area contributed by atoms with Crippen LogP contribution in [0.5, 0.6) is 0 Å². The van der Waals surface area contributed by atoms with Gasteiger partial charge in [0.2, 0.25) is 15.9 Å². The Morgan fingerprint density at radius 3 is 2.21 bits per heavy atom. The van der Waals surface area contributed by atoms with E-state index in [4.69, 9.17) is 0 Å². The summed E-state index contributed by atoms with van der Waals surface area (Å²) in [6.45, 7) is 6.50. The zero-order valence-corrected chi connectivity index (χ0v) is 18.6. The summed E-state index contributed by atoms with van der Waals surface area (Å²) in [6.07, 6.45) is 2.78. The number of amides is 1. The van der Waals surface area contributed by atoms with Crippen LogP contribution in [0, 0.1) is 12.8 Å². The molecule has 1 amide bonds. The quantitative estimate of drug-likeness (QED) is 0.622. The summed E-state index contributed by atoms with van der Waals surface area (Å²) >= 11 is 0. The number of sulfonamides is 1. The first-order valence-electron chi connectivity index (χ1n) is 10.1. The summed E-state index contributed by atoms with van der Waals surface area (Å²) in [5, 5.41) is 3.12. The van der Waals surface area contributed by atoms with E-state index in [1.807, 2.05) is 49.4 Å². The second-order valence-corrected chi connectivity index (χ2v) is 9.84. The molecule has 158 valence electrons. The third-order valence-electron chi connectivity index (χ3n) is 4.73. The molecule has 0 aliphatic heterocycles. The smallest absolute Gasteiger partial charge is 0.232 e. The number of aryl methyl sites for hydroxylation is 1. The first-order valence-corrected chi connectivity index (χ1v) is 11.9. The molecular formula is C23H32N2O3S.